The van der Waals surface area contributed by atoms with Crippen molar-refractivity contribution in [1.82, 2.24) is 0 Å². The van der Waals surface area contributed by atoms with Gasteiger partial charge in [-0.3, -0.25) is 0 Å². The Labute approximate surface area is 165 Å². The van der Waals surface area contributed by atoms with E-state index in [1.54, 1.807) is 0 Å². The van der Waals surface area contributed by atoms with E-state index in [9.17, 15) is 4.79 Å². The Kier molecular flexibility index (Phi) is 4.74. The van der Waals surface area contributed by atoms with E-state index < -0.39 is 5.97 Å². The van der Waals surface area contributed by atoms with E-state index in [2.05, 4.69) is 72.4 Å². The van der Waals surface area contributed by atoms with Crippen LogP contribution in [-0.2, 0) is 9.53 Å². The number of hydrogen-bond acceptors (Lipinski definition) is 3. The molecule has 0 aromatic heterocycles. The first-order chi connectivity index (χ1) is 13.6. The first kappa shape index (κ1) is 18.1. The molecule has 1 unspecified atom stereocenters. The van der Waals surface area contributed by atoms with E-state index in [1.807, 2.05) is 24.3 Å². The molecule has 2 aromatic carbocycles. The monoisotopic (exact) mass is 370 g/mol. The second-order valence-corrected chi connectivity index (χ2v) is 7.10. The average molecular weight is 370 g/mol. The third-order valence-corrected chi connectivity index (χ3v) is 5.23. The predicted octanol–water partition coefficient (Wildman–Crippen LogP) is 5.20. The molecule has 0 radical (unpaired) electrons. The standard InChI is InChI=1S/C25H22O3/c1-25-15-6-5-9-22(25)24(21-8-4-3-7-18(21)14-16-25)19-10-12-20(13-11-19)28-17-23(26)27-2/h3-16H,17H2,1-2H3. The SMILES string of the molecule is COC(=O)COc1ccc(C2=C3C=CC=CC3(C)C=Cc3ccccc32)cc1. The number of hydrogen-bond donors (Lipinski definition) is 0. The molecule has 0 fully saturated rings. The van der Waals surface area contributed by atoms with Crippen molar-refractivity contribution in [2.75, 3.05) is 13.7 Å². The highest BCUT2D eigenvalue weighted by atomic mass is 16.6. The fourth-order valence-corrected chi connectivity index (χ4v) is 3.68. The minimum Gasteiger partial charge on any atom is -0.482 e. The van der Waals surface area contributed by atoms with Crippen LogP contribution < -0.4 is 4.74 Å². The molecule has 0 bridgehead atoms. The molecule has 2 aliphatic carbocycles. The van der Waals surface area contributed by atoms with Gasteiger partial charge in [-0.25, -0.2) is 4.79 Å². The number of benzene rings is 2. The van der Waals surface area contributed by atoms with Gasteiger partial charge >= 0.3 is 5.97 Å². The van der Waals surface area contributed by atoms with Gasteiger partial charge in [0.2, 0.25) is 0 Å². The number of esters is 1. The highest BCUT2D eigenvalue weighted by Gasteiger charge is 2.29. The van der Waals surface area contributed by atoms with Gasteiger partial charge in [0.05, 0.1) is 7.11 Å². The predicted molar refractivity (Wildman–Crippen MR) is 112 cm³/mol. The highest BCUT2D eigenvalue weighted by molar-refractivity contribution is 5.90. The summed E-state index contributed by atoms with van der Waals surface area (Å²) in [4.78, 5) is 11.3. The van der Waals surface area contributed by atoms with Gasteiger partial charge in [-0.1, -0.05) is 72.9 Å². The molecule has 0 N–H and O–H groups in total. The van der Waals surface area contributed by atoms with Gasteiger partial charge in [0, 0.05) is 5.41 Å². The molecule has 3 nitrogen and oxygen atoms in total. The number of allylic oxidation sites excluding steroid dienone is 6. The average Bonchev–Trinajstić information content (AvgIpc) is 2.86. The van der Waals surface area contributed by atoms with Crippen molar-refractivity contribution >= 4 is 17.6 Å². The summed E-state index contributed by atoms with van der Waals surface area (Å²) >= 11 is 0. The summed E-state index contributed by atoms with van der Waals surface area (Å²) in [5.41, 5.74) is 5.84. The fourth-order valence-electron chi connectivity index (χ4n) is 3.68. The molecule has 1 atom stereocenters. The van der Waals surface area contributed by atoms with Crippen LogP contribution in [0.5, 0.6) is 5.75 Å². The van der Waals surface area contributed by atoms with E-state index in [1.165, 1.54) is 29.4 Å². The molecule has 0 heterocycles. The van der Waals surface area contributed by atoms with Gasteiger partial charge < -0.3 is 9.47 Å². The van der Waals surface area contributed by atoms with Gasteiger partial charge in [-0.2, -0.15) is 0 Å². The van der Waals surface area contributed by atoms with Gasteiger partial charge in [0.15, 0.2) is 6.61 Å². The van der Waals surface area contributed by atoms with Crippen molar-refractivity contribution in [2.45, 2.75) is 6.92 Å². The van der Waals surface area contributed by atoms with Crippen molar-refractivity contribution in [3.63, 3.8) is 0 Å². The number of carbonyl (C=O) groups excluding carboxylic acids is 1. The van der Waals surface area contributed by atoms with Crippen molar-refractivity contribution in [2.24, 2.45) is 5.41 Å². The highest BCUT2D eigenvalue weighted by Crippen LogP contribution is 2.45. The van der Waals surface area contributed by atoms with Gasteiger partial charge in [0.1, 0.15) is 5.75 Å². The summed E-state index contributed by atoms with van der Waals surface area (Å²) in [5.74, 6) is 0.245. The molecule has 3 heteroatoms. The third kappa shape index (κ3) is 3.31. The molecule has 0 saturated carbocycles. The zero-order valence-corrected chi connectivity index (χ0v) is 16.0. The van der Waals surface area contributed by atoms with E-state index in [0.29, 0.717) is 5.75 Å². The minimum atomic E-state index is -0.396. The Bertz CT molecular complexity index is 1020. The first-order valence-electron chi connectivity index (χ1n) is 9.30. The number of carbonyl (C=O) groups is 1. The maximum absolute atomic E-state index is 11.3. The molecule has 4 rings (SSSR count). The van der Waals surface area contributed by atoms with Crippen LogP contribution in [-0.4, -0.2) is 19.7 Å². The van der Waals surface area contributed by atoms with Crippen LogP contribution >= 0.6 is 0 Å². The molecule has 2 aromatic rings. The molecule has 140 valence electrons. The Morgan fingerprint density at radius 2 is 1.75 bits per heavy atom. The fraction of sp³-hybridized carbons (Fsp3) is 0.160. The summed E-state index contributed by atoms with van der Waals surface area (Å²) in [6, 6.07) is 16.3. The van der Waals surface area contributed by atoms with Crippen LogP contribution in [0.1, 0.15) is 23.6 Å². The lowest BCUT2D eigenvalue weighted by Crippen LogP contribution is -2.15. The lowest BCUT2D eigenvalue weighted by molar-refractivity contribution is -0.142. The summed E-state index contributed by atoms with van der Waals surface area (Å²) in [6.45, 7) is 2.14. The number of rotatable bonds is 4. The Morgan fingerprint density at radius 3 is 2.54 bits per heavy atom. The second kappa shape index (κ2) is 7.35. The lowest BCUT2D eigenvalue weighted by Gasteiger charge is -2.28. The van der Waals surface area contributed by atoms with Gasteiger partial charge in [-0.15, -0.1) is 0 Å². The molecular weight excluding hydrogens is 348 g/mol. The normalized spacial score (nSPS) is 19.6. The number of methoxy groups -OCH3 is 1. The largest absolute Gasteiger partial charge is 0.482 e. The van der Waals surface area contributed by atoms with Crippen molar-refractivity contribution in [3.05, 3.63) is 101 Å². The van der Waals surface area contributed by atoms with E-state index >= 15 is 0 Å². The molecular formula is C25H22O3. The maximum Gasteiger partial charge on any atom is 0.343 e. The lowest BCUT2D eigenvalue weighted by atomic mass is 9.75. The van der Waals surface area contributed by atoms with E-state index in [0.717, 1.165) is 5.56 Å². The van der Waals surface area contributed by atoms with Crippen LogP contribution in [0.25, 0.3) is 11.6 Å². The van der Waals surface area contributed by atoms with Crippen molar-refractivity contribution in [1.29, 1.82) is 0 Å². The van der Waals surface area contributed by atoms with Crippen LogP contribution in [0.4, 0.5) is 0 Å². The summed E-state index contributed by atoms with van der Waals surface area (Å²) in [6.07, 6.45) is 13.1. The zero-order valence-electron chi connectivity index (χ0n) is 16.0. The zero-order chi connectivity index (χ0) is 19.6. The van der Waals surface area contributed by atoms with E-state index in [-0.39, 0.29) is 12.0 Å². The molecule has 0 spiro atoms. The summed E-state index contributed by atoms with van der Waals surface area (Å²) in [7, 11) is 1.35. The van der Waals surface area contributed by atoms with Gasteiger partial charge in [0.25, 0.3) is 0 Å². The van der Waals surface area contributed by atoms with Crippen LogP contribution in [0, 0.1) is 5.41 Å². The summed E-state index contributed by atoms with van der Waals surface area (Å²) in [5, 5.41) is 0. The Balaban J connectivity index is 1.79. The number of ether oxygens (including phenoxy) is 2. The van der Waals surface area contributed by atoms with Crippen LogP contribution in [0.15, 0.2) is 84.5 Å². The third-order valence-electron chi connectivity index (χ3n) is 5.23. The van der Waals surface area contributed by atoms with Crippen LogP contribution in [0.2, 0.25) is 0 Å². The number of fused-ring (bicyclic) bond motifs is 2. The minimum absolute atomic E-state index is 0.0951. The quantitative estimate of drug-likeness (QED) is 0.694. The smallest absolute Gasteiger partial charge is 0.343 e. The summed E-state index contributed by atoms with van der Waals surface area (Å²) < 4.78 is 10.1. The molecule has 28 heavy (non-hydrogen) atoms. The molecule has 0 amide bonds. The topological polar surface area (TPSA) is 35.5 Å². The van der Waals surface area contributed by atoms with Crippen molar-refractivity contribution in [3.8, 4) is 5.75 Å². The first-order valence-corrected chi connectivity index (χ1v) is 9.30. The second-order valence-electron chi connectivity index (χ2n) is 7.10. The Morgan fingerprint density at radius 1 is 0.964 bits per heavy atom. The molecule has 0 aliphatic heterocycles. The molecule has 0 saturated heterocycles. The Hall–Kier alpha value is -3.33. The van der Waals surface area contributed by atoms with E-state index in [4.69, 9.17) is 4.74 Å². The van der Waals surface area contributed by atoms with Gasteiger partial charge in [-0.05, 0) is 46.9 Å². The maximum atomic E-state index is 11.3. The molecule has 2 aliphatic rings. The van der Waals surface area contributed by atoms with Crippen LogP contribution in [0.3, 0.4) is 0 Å². The van der Waals surface area contributed by atoms with Crippen molar-refractivity contribution < 1.29 is 14.3 Å².